The zero-order valence-corrected chi connectivity index (χ0v) is 13.2. The van der Waals surface area contributed by atoms with Crippen LogP contribution in [0.1, 0.15) is 46.6 Å². The molecule has 3 nitrogen and oxygen atoms in total. The number of anilines is 2. The van der Waals surface area contributed by atoms with Crippen LogP contribution < -0.4 is 10.6 Å². The molecule has 0 fully saturated rings. The van der Waals surface area contributed by atoms with E-state index in [1.54, 1.807) is 0 Å². The minimum atomic E-state index is 0.155. The number of benzene rings is 1. The van der Waals surface area contributed by atoms with Crippen LogP contribution in [0, 0.1) is 11.3 Å². The first-order valence-electron chi connectivity index (χ1n) is 7.40. The summed E-state index contributed by atoms with van der Waals surface area (Å²) in [6, 6.07) is 6.08. The third-order valence-electron chi connectivity index (χ3n) is 4.55. The van der Waals surface area contributed by atoms with Gasteiger partial charge in [-0.25, -0.2) is 0 Å². The van der Waals surface area contributed by atoms with Gasteiger partial charge in [0.15, 0.2) is 0 Å². The van der Waals surface area contributed by atoms with E-state index in [2.05, 4.69) is 34.6 Å². The van der Waals surface area contributed by atoms with Crippen molar-refractivity contribution in [3.05, 3.63) is 23.8 Å². The molecule has 1 heterocycles. The van der Waals surface area contributed by atoms with Crippen molar-refractivity contribution in [3.8, 4) is 0 Å². The van der Waals surface area contributed by atoms with Gasteiger partial charge in [-0.05, 0) is 48.4 Å². The Bertz CT molecular complexity index is 516. The third kappa shape index (κ3) is 2.82. The molecule has 110 valence electrons. The van der Waals surface area contributed by atoms with Crippen molar-refractivity contribution in [1.82, 2.24) is 0 Å². The van der Waals surface area contributed by atoms with E-state index in [0.717, 1.165) is 17.8 Å². The molecule has 1 amide bonds. The summed E-state index contributed by atoms with van der Waals surface area (Å²) in [4.78, 5) is 14.6. The summed E-state index contributed by atoms with van der Waals surface area (Å²) in [6.07, 6.45) is 1.49. The highest BCUT2D eigenvalue weighted by atomic mass is 16.2. The second-order valence-corrected chi connectivity index (χ2v) is 7.18. The van der Waals surface area contributed by atoms with Crippen LogP contribution in [0.3, 0.4) is 0 Å². The first-order valence-corrected chi connectivity index (χ1v) is 7.40. The average molecular weight is 274 g/mol. The Kier molecular flexibility index (Phi) is 3.81. The fraction of sp³-hybridized carbons (Fsp3) is 0.588. The van der Waals surface area contributed by atoms with Crippen LogP contribution in [-0.4, -0.2) is 11.9 Å². The first-order chi connectivity index (χ1) is 9.20. The minimum absolute atomic E-state index is 0.155. The van der Waals surface area contributed by atoms with Gasteiger partial charge in [0.25, 0.3) is 0 Å². The highest BCUT2D eigenvalue weighted by Gasteiger charge is 2.33. The Morgan fingerprint density at radius 2 is 2.10 bits per heavy atom. The lowest BCUT2D eigenvalue weighted by molar-refractivity contribution is -0.120. The van der Waals surface area contributed by atoms with Gasteiger partial charge < -0.3 is 10.6 Å². The number of nitrogens with zero attached hydrogens (tertiary/aromatic N) is 1. The highest BCUT2D eigenvalue weighted by molar-refractivity contribution is 5.96. The Labute approximate surface area is 122 Å². The van der Waals surface area contributed by atoms with Gasteiger partial charge >= 0.3 is 0 Å². The zero-order chi connectivity index (χ0) is 15.1. The second-order valence-electron chi connectivity index (χ2n) is 7.18. The molecule has 1 aromatic carbocycles. The van der Waals surface area contributed by atoms with Crippen molar-refractivity contribution >= 4 is 17.3 Å². The number of nitrogen functional groups attached to an aromatic ring is 1. The van der Waals surface area contributed by atoms with E-state index in [9.17, 15) is 4.79 Å². The van der Waals surface area contributed by atoms with Gasteiger partial charge in [-0.15, -0.1) is 0 Å². The number of carbonyl (C=O) groups excluding carboxylic acids is 1. The maximum Gasteiger partial charge on any atom is 0.227 e. The standard InChI is InChI=1S/C17H26N2O/c1-11(17(3,4)5)8-16(20)19-12(2)9-13-10-14(18)6-7-15(13)19/h6-7,10-12H,8-9,18H2,1-5H3. The molecule has 0 radical (unpaired) electrons. The lowest BCUT2D eigenvalue weighted by Gasteiger charge is -2.30. The molecule has 2 atom stereocenters. The summed E-state index contributed by atoms with van der Waals surface area (Å²) in [5.41, 5.74) is 8.99. The summed E-state index contributed by atoms with van der Waals surface area (Å²) in [5.74, 6) is 0.587. The van der Waals surface area contributed by atoms with Crippen LogP contribution in [0.5, 0.6) is 0 Å². The molecule has 0 aromatic heterocycles. The largest absolute Gasteiger partial charge is 0.399 e. The molecule has 20 heavy (non-hydrogen) atoms. The molecule has 0 bridgehead atoms. The molecule has 0 spiro atoms. The van der Waals surface area contributed by atoms with Crippen LogP contribution >= 0.6 is 0 Å². The molecule has 1 aromatic rings. The van der Waals surface area contributed by atoms with E-state index in [1.165, 1.54) is 5.56 Å². The van der Waals surface area contributed by atoms with Gasteiger partial charge in [0.2, 0.25) is 5.91 Å². The SMILES string of the molecule is CC1Cc2cc(N)ccc2N1C(=O)CC(C)C(C)(C)C. The third-order valence-corrected chi connectivity index (χ3v) is 4.55. The van der Waals surface area contributed by atoms with Gasteiger partial charge in [-0.2, -0.15) is 0 Å². The molecule has 0 saturated carbocycles. The number of hydrogen-bond acceptors (Lipinski definition) is 2. The molecule has 1 aliphatic rings. The number of carbonyl (C=O) groups is 1. The number of amides is 1. The van der Waals surface area contributed by atoms with Crippen molar-refractivity contribution in [1.29, 1.82) is 0 Å². The van der Waals surface area contributed by atoms with Crippen molar-refractivity contribution in [2.45, 2.75) is 53.5 Å². The molecular formula is C17H26N2O. The Hall–Kier alpha value is -1.51. The quantitative estimate of drug-likeness (QED) is 0.837. The topological polar surface area (TPSA) is 46.3 Å². The summed E-state index contributed by atoms with van der Waals surface area (Å²) in [7, 11) is 0. The molecule has 0 aliphatic carbocycles. The predicted octanol–water partition coefficient (Wildman–Crippen LogP) is 3.62. The number of rotatable bonds is 2. The lowest BCUT2D eigenvalue weighted by atomic mass is 9.80. The molecule has 2 unspecified atom stereocenters. The zero-order valence-electron chi connectivity index (χ0n) is 13.2. The van der Waals surface area contributed by atoms with E-state index < -0.39 is 0 Å². The smallest absolute Gasteiger partial charge is 0.227 e. The van der Waals surface area contributed by atoms with E-state index in [1.807, 2.05) is 23.1 Å². The summed E-state index contributed by atoms with van der Waals surface area (Å²) in [5, 5.41) is 0. The first kappa shape index (κ1) is 14.9. The van der Waals surface area contributed by atoms with Crippen LogP contribution in [0.15, 0.2) is 18.2 Å². The van der Waals surface area contributed by atoms with Crippen molar-refractivity contribution < 1.29 is 4.79 Å². The highest BCUT2D eigenvalue weighted by Crippen LogP contribution is 2.36. The second kappa shape index (κ2) is 5.12. The van der Waals surface area contributed by atoms with Crippen LogP contribution in [0.25, 0.3) is 0 Å². The summed E-state index contributed by atoms with van der Waals surface area (Å²) >= 11 is 0. The summed E-state index contributed by atoms with van der Waals surface area (Å²) < 4.78 is 0. The van der Waals surface area contributed by atoms with Gasteiger partial charge in [0.1, 0.15) is 0 Å². The molecule has 0 saturated heterocycles. The van der Waals surface area contributed by atoms with Gasteiger partial charge in [-0.1, -0.05) is 27.7 Å². The number of nitrogens with two attached hydrogens (primary N) is 1. The molecule has 2 N–H and O–H groups in total. The normalized spacial score (nSPS) is 19.9. The van der Waals surface area contributed by atoms with E-state index in [0.29, 0.717) is 12.3 Å². The molecular weight excluding hydrogens is 248 g/mol. The van der Waals surface area contributed by atoms with Crippen molar-refractivity contribution in [3.63, 3.8) is 0 Å². The van der Waals surface area contributed by atoms with E-state index >= 15 is 0 Å². The van der Waals surface area contributed by atoms with Crippen LogP contribution in [-0.2, 0) is 11.2 Å². The summed E-state index contributed by atoms with van der Waals surface area (Å²) in [6.45, 7) is 10.8. The maximum atomic E-state index is 12.7. The van der Waals surface area contributed by atoms with Crippen molar-refractivity contribution in [2.24, 2.45) is 11.3 Å². The fourth-order valence-corrected chi connectivity index (χ4v) is 2.70. The number of hydrogen-bond donors (Lipinski definition) is 1. The van der Waals surface area contributed by atoms with Gasteiger partial charge in [-0.3, -0.25) is 4.79 Å². The minimum Gasteiger partial charge on any atom is -0.399 e. The van der Waals surface area contributed by atoms with E-state index in [4.69, 9.17) is 5.73 Å². The molecule has 3 heteroatoms. The predicted molar refractivity (Wildman–Crippen MR) is 84.7 cm³/mol. The average Bonchev–Trinajstić information content (AvgIpc) is 2.62. The maximum absolute atomic E-state index is 12.7. The van der Waals surface area contributed by atoms with Gasteiger partial charge in [0, 0.05) is 23.8 Å². The Balaban J connectivity index is 2.20. The lowest BCUT2D eigenvalue weighted by Crippen LogP contribution is -2.37. The fourth-order valence-electron chi connectivity index (χ4n) is 2.70. The van der Waals surface area contributed by atoms with E-state index in [-0.39, 0.29) is 17.4 Å². The Morgan fingerprint density at radius 3 is 2.70 bits per heavy atom. The monoisotopic (exact) mass is 274 g/mol. The molecule has 2 rings (SSSR count). The van der Waals surface area contributed by atoms with Crippen LogP contribution in [0.2, 0.25) is 0 Å². The van der Waals surface area contributed by atoms with Crippen molar-refractivity contribution in [2.75, 3.05) is 10.6 Å². The Morgan fingerprint density at radius 1 is 1.45 bits per heavy atom. The van der Waals surface area contributed by atoms with Crippen LogP contribution in [0.4, 0.5) is 11.4 Å². The number of fused-ring (bicyclic) bond motifs is 1. The molecule has 1 aliphatic heterocycles. The van der Waals surface area contributed by atoms with Gasteiger partial charge in [0.05, 0.1) is 0 Å².